The maximum Gasteiger partial charge on any atom is 0.261 e. The van der Waals surface area contributed by atoms with Crippen LogP contribution in [0.5, 0.6) is 0 Å². The van der Waals surface area contributed by atoms with Gasteiger partial charge in [0, 0.05) is 13.0 Å². The zero-order valence-electron chi connectivity index (χ0n) is 12.8. The fourth-order valence-electron chi connectivity index (χ4n) is 1.62. The molecule has 0 aliphatic heterocycles. The lowest BCUT2D eigenvalue weighted by molar-refractivity contribution is 0.0809. The van der Waals surface area contributed by atoms with Gasteiger partial charge in [0.05, 0.1) is 29.0 Å². The molecule has 0 aliphatic carbocycles. The average Bonchev–Trinajstić information content (AvgIpc) is 2.92. The van der Waals surface area contributed by atoms with Gasteiger partial charge in [-0.1, -0.05) is 25.7 Å². The molecule has 5 heteroatoms. The maximum absolute atomic E-state index is 12.2. The maximum atomic E-state index is 12.2. The van der Waals surface area contributed by atoms with E-state index >= 15 is 0 Å². The second-order valence-electron chi connectivity index (χ2n) is 4.92. The number of carbonyl (C=O) groups is 1. The first-order valence-corrected chi connectivity index (χ1v) is 7.98. The third-order valence-electron chi connectivity index (χ3n) is 2.90. The Hall–Kier alpha value is -1.35. The second-order valence-corrected chi connectivity index (χ2v) is 6.01. The fraction of sp³-hybridized carbons (Fsp3) is 0.562. The van der Waals surface area contributed by atoms with Gasteiger partial charge in [0.15, 0.2) is 0 Å². The molecule has 1 rings (SSSR count). The Balaban J connectivity index is 2.64. The number of hydrogen-bond acceptors (Lipinski definition) is 4. The van der Waals surface area contributed by atoms with Crippen molar-refractivity contribution < 1.29 is 14.6 Å². The number of thiophene rings is 1. The van der Waals surface area contributed by atoms with Crippen LogP contribution in [0.25, 0.3) is 0 Å². The Morgan fingerprint density at radius 1 is 1.48 bits per heavy atom. The summed E-state index contributed by atoms with van der Waals surface area (Å²) in [5.41, 5.74) is 0. The van der Waals surface area contributed by atoms with Crippen LogP contribution in [0.15, 0.2) is 12.1 Å². The highest BCUT2D eigenvalue weighted by Gasteiger charge is 2.18. The monoisotopic (exact) mass is 309 g/mol. The summed E-state index contributed by atoms with van der Waals surface area (Å²) in [6.07, 6.45) is 0.448. The summed E-state index contributed by atoms with van der Waals surface area (Å²) < 4.78 is 5.41. The van der Waals surface area contributed by atoms with Crippen molar-refractivity contribution in [1.82, 2.24) is 5.32 Å². The third-order valence-corrected chi connectivity index (χ3v) is 3.90. The van der Waals surface area contributed by atoms with Gasteiger partial charge in [0.25, 0.3) is 5.91 Å². The van der Waals surface area contributed by atoms with E-state index in [0.29, 0.717) is 30.4 Å². The molecule has 1 aromatic heterocycles. The lowest BCUT2D eigenvalue weighted by Crippen LogP contribution is -2.41. The molecule has 0 spiro atoms. The second kappa shape index (κ2) is 9.56. The third kappa shape index (κ3) is 6.30. The van der Waals surface area contributed by atoms with Crippen molar-refractivity contribution in [3.8, 4) is 11.8 Å². The first kappa shape index (κ1) is 17.7. The Morgan fingerprint density at radius 3 is 2.86 bits per heavy atom. The standard InChI is InChI=1S/C16H23NO3S/c1-4-20-11-14(12(2)3)17-16(19)15-9-8-13(21-15)7-5-6-10-18/h8-9,12,14,18H,4,6,10-11H2,1-3H3,(H,17,19). The van der Waals surface area contributed by atoms with Gasteiger partial charge in [0.1, 0.15) is 0 Å². The topological polar surface area (TPSA) is 58.6 Å². The van der Waals surface area contributed by atoms with Crippen molar-refractivity contribution in [1.29, 1.82) is 0 Å². The van der Waals surface area contributed by atoms with Gasteiger partial charge >= 0.3 is 0 Å². The lowest BCUT2D eigenvalue weighted by atomic mass is 10.1. The molecular weight excluding hydrogens is 286 g/mol. The molecule has 0 aliphatic rings. The first-order valence-electron chi connectivity index (χ1n) is 7.16. The van der Waals surface area contributed by atoms with Crippen LogP contribution >= 0.6 is 11.3 Å². The van der Waals surface area contributed by atoms with E-state index in [-0.39, 0.29) is 18.6 Å². The minimum atomic E-state index is -0.0892. The molecule has 1 amide bonds. The van der Waals surface area contributed by atoms with E-state index in [0.717, 1.165) is 4.88 Å². The van der Waals surface area contributed by atoms with Crippen LogP contribution < -0.4 is 5.32 Å². The number of nitrogens with one attached hydrogen (secondary N) is 1. The molecule has 0 saturated carbocycles. The predicted octanol–water partition coefficient (Wildman–Crippen LogP) is 2.27. The first-order chi connectivity index (χ1) is 10.1. The number of amides is 1. The lowest BCUT2D eigenvalue weighted by Gasteiger charge is -2.21. The van der Waals surface area contributed by atoms with E-state index in [9.17, 15) is 4.79 Å². The van der Waals surface area contributed by atoms with Crippen molar-refractivity contribution in [2.24, 2.45) is 5.92 Å². The molecule has 4 nitrogen and oxygen atoms in total. The molecule has 0 radical (unpaired) electrons. The van der Waals surface area contributed by atoms with Gasteiger partial charge in [-0.25, -0.2) is 0 Å². The summed E-state index contributed by atoms with van der Waals surface area (Å²) in [7, 11) is 0. The smallest absolute Gasteiger partial charge is 0.261 e. The van der Waals surface area contributed by atoms with E-state index in [2.05, 4.69) is 31.0 Å². The molecule has 0 aromatic carbocycles. The quantitative estimate of drug-likeness (QED) is 0.760. The Labute approximate surface area is 130 Å². The number of ether oxygens (including phenoxy) is 1. The molecular formula is C16H23NO3S. The van der Waals surface area contributed by atoms with Gasteiger partial charge in [-0.05, 0) is 25.0 Å². The van der Waals surface area contributed by atoms with Crippen LogP contribution in [0.4, 0.5) is 0 Å². The van der Waals surface area contributed by atoms with Crippen molar-refractivity contribution >= 4 is 17.2 Å². The number of aliphatic hydroxyl groups excluding tert-OH is 1. The van der Waals surface area contributed by atoms with E-state index < -0.39 is 0 Å². The van der Waals surface area contributed by atoms with Crippen molar-refractivity contribution in [3.63, 3.8) is 0 Å². The highest BCUT2D eigenvalue weighted by Crippen LogP contribution is 2.16. The van der Waals surface area contributed by atoms with Crippen LogP contribution in [-0.4, -0.2) is 36.9 Å². The molecule has 1 heterocycles. The molecule has 1 unspecified atom stereocenters. The van der Waals surface area contributed by atoms with Crippen LogP contribution in [0.1, 0.15) is 41.7 Å². The Kier molecular flexibility index (Phi) is 8.06. The molecule has 1 atom stereocenters. The van der Waals surface area contributed by atoms with Crippen molar-refractivity contribution in [2.45, 2.75) is 33.2 Å². The average molecular weight is 309 g/mol. The number of carbonyl (C=O) groups excluding carboxylic acids is 1. The van der Waals surface area contributed by atoms with Crippen LogP contribution in [0, 0.1) is 17.8 Å². The van der Waals surface area contributed by atoms with E-state index in [1.807, 2.05) is 13.0 Å². The van der Waals surface area contributed by atoms with Crippen molar-refractivity contribution in [3.05, 3.63) is 21.9 Å². The highest BCUT2D eigenvalue weighted by molar-refractivity contribution is 7.14. The van der Waals surface area contributed by atoms with Crippen LogP contribution in [0.3, 0.4) is 0 Å². The van der Waals surface area contributed by atoms with Gasteiger partial charge in [-0.15, -0.1) is 11.3 Å². The highest BCUT2D eigenvalue weighted by atomic mass is 32.1. The summed E-state index contributed by atoms with van der Waals surface area (Å²) in [4.78, 5) is 13.7. The van der Waals surface area contributed by atoms with E-state index in [1.54, 1.807) is 6.07 Å². The van der Waals surface area contributed by atoms with Crippen LogP contribution in [0.2, 0.25) is 0 Å². The fourth-order valence-corrected chi connectivity index (χ4v) is 2.40. The van der Waals surface area contributed by atoms with Crippen molar-refractivity contribution in [2.75, 3.05) is 19.8 Å². The summed E-state index contributed by atoms with van der Waals surface area (Å²) in [5.74, 6) is 6.00. The molecule has 0 saturated heterocycles. The zero-order valence-corrected chi connectivity index (χ0v) is 13.6. The van der Waals surface area contributed by atoms with Gasteiger partial charge in [-0.3, -0.25) is 4.79 Å². The van der Waals surface area contributed by atoms with Gasteiger partial charge in [-0.2, -0.15) is 0 Å². The molecule has 1 aromatic rings. The predicted molar refractivity (Wildman–Crippen MR) is 85.5 cm³/mol. The summed E-state index contributed by atoms with van der Waals surface area (Å²) in [6.45, 7) is 7.28. The van der Waals surface area contributed by atoms with Crippen LogP contribution in [-0.2, 0) is 4.74 Å². The summed E-state index contributed by atoms with van der Waals surface area (Å²) in [6, 6.07) is 3.61. The summed E-state index contributed by atoms with van der Waals surface area (Å²) in [5, 5.41) is 11.7. The molecule has 0 bridgehead atoms. The molecule has 2 N–H and O–H groups in total. The Bertz CT molecular complexity index is 499. The molecule has 0 fully saturated rings. The zero-order chi connectivity index (χ0) is 15.7. The minimum Gasteiger partial charge on any atom is -0.395 e. The SMILES string of the molecule is CCOCC(NC(=O)c1ccc(C#CCCO)s1)C(C)C. The molecule has 21 heavy (non-hydrogen) atoms. The number of hydrogen-bond donors (Lipinski definition) is 2. The van der Waals surface area contributed by atoms with Gasteiger partial charge in [0.2, 0.25) is 0 Å². The Morgan fingerprint density at radius 2 is 2.24 bits per heavy atom. The molecule has 116 valence electrons. The van der Waals surface area contributed by atoms with E-state index in [4.69, 9.17) is 9.84 Å². The minimum absolute atomic E-state index is 0.00322. The van der Waals surface area contributed by atoms with E-state index in [1.165, 1.54) is 11.3 Å². The van der Waals surface area contributed by atoms with Gasteiger partial charge < -0.3 is 15.2 Å². The summed E-state index contributed by atoms with van der Waals surface area (Å²) >= 11 is 1.36. The number of aliphatic hydroxyl groups is 1. The normalized spacial score (nSPS) is 11.9. The number of rotatable bonds is 7. The largest absolute Gasteiger partial charge is 0.395 e.